The first-order valence-electron chi connectivity index (χ1n) is 10.6. The van der Waals surface area contributed by atoms with Crippen molar-refractivity contribution < 1.29 is 0 Å². The van der Waals surface area contributed by atoms with Crippen molar-refractivity contribution in [3.63, 3.8) is 0 Å². The lowest BCUT2D eigenvalue weighted by Gasteiger charge is -2.46. The van der Waals surface area contributed by atoms with Gasteiger partial charge in [-0.15, -0.1) is 0 Å². The van der Waals surface area contributed by atoms with E-state index < -0.39 is 0 Å². The standard InChI is InChI=1S/C23H51N3/c1-20(2,3)25(21(4,5)6)18-14-16-24(13)17-15-19-26(22(7,8)9)23(10,11)12/h14-19H2,1-13H3. The molecule has 0 spiro atoms. The molecule has 0 atom stereocenters. The molecular formula is C23H51N3. The van der Waals surface area contributed by atoms with Gasteiger partial charge in [-0.05, 0) is 116 Å². The van der Waals surface area contributed by atoms with Crippen LogP contribution in [0.5, 0.6) is 0 Å². The van der Waals surface area contributed by atoms with Gasteiger partial charge in [-0.3, -0.25) is 9.80 Å². The molecule has 0 aromatic heterocycles. The monoisotopic (exact) mass is 369 g/mol. The van der Waals surface area contributed by atoms with Crippen molar-refractivity contribution in [2.24, 2.45) is 0 Å². The molecule has 0 aromatic rings. The van der Waals surface area contributed by atoms with E-state index in [4.69, 9.17) is 0 Å². The Morgan fingerprint density at radius 1 is 0.423 bits per heavy atom. The Bertz CT molecular complexity index is 322. The maximum Gasteiger partial charge on any atom is 0.0130 e. The second kappa shape index (κ2) is 9.39. The predicted octanol–water partition coefficient (Wildman–Crippen LogP) is 5.50. The third-order valence-electron chi connectivity index (χ3n) is 5.08. The van der Waals surface area contributed by atoms with Gasteiger partial charge < -0.3 is 4.90 Å². The first-order chi connectivity index (χ1) is 11.4. The van der Waals surface area contributed by atoms with Crippen LogP contribution in [0.15, 0.2) is 0 Å². The van der Waals surface area contributed by atoms with Crippen LogP contribution in [-0.2, 0) is 0 Å². The van der Waals surface area contributed by atoms with Crippen molar-refractivity contribution in [1.29, 1.82) is 0 Å². The topological polar surface area (TPSA) is 9.72 Å². The molecule has 0 heterocycles. The van der Waals surface area contributed by atoms with E-state index in [1.165, 1.54) is 25.9 Å². The lowest BCUT2D eigenvalue weighted by Crippen LogP contribution is -2.53. The largest absolute Gasteiger partial charge is 0.306 e. The number of hydrogen-bond donors (Lipinski definition) is 0. The summed E-state index contributed by atoms with van der Waals surface area (Å²) in [6.45, 7) is 32.6. The van der Waals surface area contributed by atoms with E-state index in [1.54, 1.807) is 0 Å². The van der Waals surface area contributed by atoms with Crippen molar-refractivity contribution >= 4 is 0 Å². The zero-order chi connectivity index (χ0) is 21.0. The van der Waals surface area contributed by atoms with Crippen molar-refractivity contribution in [3.8, 4) is 0 Å². The number of hydrogen-bond acceptors (Lipinski definition) is 3. The van der Waals surface area contributed by atoms with Crippen LogP contribution < -0.4 is 0 Å². The minimum Gasteiger partial charge on any atom is -0.306 e. The van der Waals surface area contributed by atoms with Crippen molar-refractivity contribution in [1.82, 2.24) is 14.7 Å². The van der Waals surface area contributed by atoms with E-state index >= 15 is 0 Å². The lowest BCUT2D eigenvalue weighted by molar-refractivity contribution is 0.0314. The van der Waals surface area contributed by atoms with Crippen LogP contribution in [0.4, 0.5) is 0 Å². The highest BCUT2D eigenvalue weighted by atomic mass is 15.2. The fraction of sp³-hybridized carbons (Fsp3) is 1.00. The van der Waals surface area contributed by atoms with Crippen molar-refractivity contribution in [2.45, 2.75) is 118 Å². The Labute approximate surface area is 166 Å². The zero-order valence-electron chi connectivity index (χ0n) is 20.6. The van der Waals surface area contributed by atoms with Crippen LogP contribution in [0.1, 0.15) is 95.9 Å². The quantitative estimate of drug-likeness (QED) is 0.559. The lowest BCUT2D eigenvalue weighted by atomic mass is 9.95. The molecule has 0 aliphatic rings. The number of nitrogens with zero attached hydrogens (tertiary/aromatic N) is 3. The molecule has 3 nitrogen and oxygen atoms in total. The minimum absolute atomic E-state index is 0.219. The van der Waals surface area contributed by atoms with E-state index in [1.807, 2.05) is 0 Å². The molecular weight excluding hydrogens is 318 g/mol. The van der Waals surface area contributed by atoms with E-state index in [9.17, 15) is 0 Å². The summed E-state index contributed by atoms with van der Waals surface area (Å²) >= 11 is 0. The second-order valence-electron chi connectivity index (χ2n) is 12.0. The summed E-state index contributed by atoms with van der Waals surface area (Å²) in [6.07, 6.45) is 2.46. The van der Waals surface area contributed by atoms with Crippen LogP contribution >= 0.6 is 0 Å². The molecule has 0 fully saturated rings. The molecule has 0 aromatic carbocycles. The molecule has 0 aliphatic heterocycles. The fourth-order valence-electron chi connectivity index (χ4n) is 4.46. The molecule has 0 unspecified atom stereocenters. The summed E-state index contributed by atoms with van der Waals surface area (Å²) in [5, 5.41) is 0. The van der Waals surface area contributed by atoms with Gasteiger partial charge in [-0.25, -0.2) is 0 Å². The molecule has 0 radical (unpaired) electrons. The highest BCUT2D eigenvalue weighted by molar-refractivity contribution is 4.88. The van der Waals surface area contributed by atoms with Crippen molar-refractivity contribution in [3.05, 3.63) is 0 Å². The zero-order valence-corrected chi connectivity index (χ0v) is 20.6. The van der Waals surface area contributed by atoms with Crippen LogP contribution in [-0.4, -0.2) is 70.1 Å². The average molecular weight is 370 g/mol. The van der Waals surface area contributed by atoms with Crippen LogP contribution in [0.25, 0.3) is 0 Å². The van der Waals surface area contributed by atoms with Gasteiger partial charge in [0.25, 0.3) is 0 Å². The molecule has 26 heavy (non-hydrogen) atoms. The van der Waals surface area contributed by atoms with Gasteiger partial charge in [0, 0.05) is 35.2 Å². The highest BCUT2D eigenvalue weighted by Gasteiger charge is 2.31. The van der Waals surface area contributed by atoms with Gasteiger partial charge in [-0.1, -0.05) is 0 Å². The average Bonchev–Trinajstić information content (AvgIpc) is 2.33. The van der Waals surface area contributed by atoms with E-state index in [-0.39, 0.29) is 22.2 Å². The third-order valence-corrected chi connectivity index (χ3v) is 5.08. The summed E-state index contributed by atoms with van der Waals surface area (Å²) in [7, 11) is 2.27. The van der Waals surface area contributed by atoms with E-state index in [2.05, 4.69) is 105 Å². The third kappa shape index (κ3) is 9.71. The van der Waals surface area contributed by atoms with Gasteiger partial charge in [0.1, 0.15) is 0 Å². The summed E-state index contributed by atoms with van der Waals surface area (Å²) in [6, 6.07) is 0. The molecule has 3 heteroatoms. The van der Waals surface area contributed by atoms with Gasteiger partial charge in [0.15, 0.2) is 0 Å². The highest BCUT2D eigenvalue weighted by Crippen LogP contribution is 2.26. The molecule has 0 rings (SSSR count). The molecule has 0 bridgehead atoms. The SMILES string of the molecule is CN(CCCN(C(C)(C)C)C(C)(C)C)CCCN(C(C)(C)C)C(C)(C)C. The molecule has 0 aliphatic carbocycles. The van der Waals surface area contributed by atoms with E-state index in [0.717, 1.165) is 13.1 Å². The normalized spacial score (nSPS) is 14.8. The molecule has 0 N–H and O–H groups in total. The molecule has 0 saturated carbocycles. The summed E-state index contributed by atoms with van der Waals surface area (Å²) in [4.78, 5) is 7.77. The van der Waals surface area contributed by atoms with E-state index in [0.29, 0.717) is 0 Å². The summed E-state index contributed by atoms with van der Waals surface area (Å²) in [5.41, 5.74) is 0.876. The first-order valence-corrected chi connectivity index (χ1v) is 10.6. The van der Waals surface area contributed by atoms with Gasteiger partial charge in [-0.2, -0.15) is 0 Å². The van der Waals surface area contributed by atoms with Gasteiger partial charge >= 0.3 is 0 Å². The maximum atomic E-state index is 2.63. The Balaban J connectivity index is 4.42. The van der Waals surface area contributed by atoms with Crippen LogP contribution in [0.3, 0.4) is 0 Å². The Hall–Kier alpha value is -0.120. The van der Waals surface area contributed by atoms with Crippen LogP contribution in [0.2, 0.25) is 0 Å². The maximum absolute atomic E-state index is 2.63. The smallest absolute Gasteiger partial charge is 0.0130 e. The molecule has 0 amide bonds. The second-order valence-corrected chi connectivity index (χ2v) is 12.0. The Morgan fingerprint density at radius 2 is 0.654 bits per heavy atom. The predicted molar refractivity (Wildman–Crippen MR) is 119 cm³/mol. The first kappa shape index (κ1) is 25.9. The fourth-order valence-corrected chi connectivity index (χ4v) is 4.46. The summed E-state index contributed by atoms with van der Waals surface area (Å²) in [5.74, 6) is 0. The van der Waals surface area contributed by atoms with Crippen LogP contribution in [0, 0.1) is 0 Å². The Morgan fingerprint density at radius 3 is 0.846 bits per heavy atom. The van der Waals surface area contributed by atoms with Gasteiger partial charge in [0.2, 0.25) is 0 Å². The molecule has 158 valence electrons. The minimum atomic E-state index is 0.219. The Kier molecular flexibility index (Phi) is 9.34. The van der Waals surface area contributed by atoms with Gasteiger partial charge in [0.05, 0.1) is 0 Å². The molecule has 0 saturated heterocycles. The number of rotatable bonds is 8. The van der Waals surface area contributed by atoms with Crippen molar-refractivity contribution in [2.75, 3.05) is 33.2 Å². The summed E-state index contributed by atoms with van der Waals surface area (Å²) < 4.78 is 0.